The number of esters is 1. The molecule has 0 spiro atoms. The Bertz CT molecular complexity index is 679. The average molecular weight is 291 g/mol. The van der Waals surface area contributed by atoms with E-state index >= 15 is 0 Å². The number of aryl methyl sites for hydroxylation is 2. The highest BCUT2D eigenvalue weighted by atomic mass is 19.2. The first-order valence-electron chi connectivity index (χ1n) is 6.37. The van der Waals surface area contributed by atoms with Crippen molar-refractivity contribution in [1.82, 2.24) is 0 Å². The lowest BCUT2D eigenvalue weighted by atomic mass is 10.0. The highest BCUT2D eigenvalue weighted by Gasteiger charge is 2.16. The molecule has 0 fully saturated rings. The maximum Gasteiger partial charge on any atom is 0.340 e. The van der Waals surface area contributed by atoms with Crippen molar-refractivity contribution in [3.8, 4) is 0 Å². The van der Waals surface area contributed by atoms with E-state index in [1.807, 2.05) is 32.0 Å². The van der Waals surface area contributed by atoms with Crippen LogP contribution in [0.4, 0.5) is 14.5 Å². The molecule has 0 aliphatic rings. The van der Waals surface area contributed by atoms with E-state index in [0.29, 0.717) is 0 Å². The quantitative estimate of drug-likeness (QED) is 0.695. The number of rotatable bonds is 3. The van der Waals surface area contributed by atoms with E-state index in [1.54, 1.807) is 0 Å². The SMILES string of the molecule is Cc1cccc(C)c1COC(=O)c1cc(F)c(F)cc1N. The van der Waals surface area contributed by atoms with Crippen molar-refractivity contribution in [2.75, 3.05) is 5.73 Å². The van der Waals surface area contributed by atoms with Crippen molar-refractivity contribution in [2.45, 2.75) is 20.5 Å². The van der Waals surface area contributed by atoms with Crippen LogP contribution in [0.25, 0.3) is 0 Å². The number of nitrogens with two attached hydrogens (primary N) is 1. The third kappa shape index (κ3) is 3.18. The smallest absolute Gasteiger partial charge is 0.340 e. The molecule has 21 heavy (non-hydrogen) atoms. The summed E-state index contributed by atoms with van der Waals surface area (Å²) in [6.45, 7) is 3.86. The van der Waals surface area contributed by atoms with E-state index in [4.69, 9.17) is 10.5 Å². The van der Waals surface area contributed by atoms with Crippen LogP contribution in [0.15, 0.2) is 30.3 Å². The topological polar surface area (TPSA) is 52.3 Å². The van der Waals surface area contributed by atoms with Crippen LogP contribution in [0.2, 0.25) is 0 Å². The van der Waals surface area contributed by atoms with Gasteiger partial charge >= 0.3 is 5.97 Å². The lowest BCUT2D eigenvalue weighted by molar-refractivity contribution is 0.0472. The van der Waals surface area contributed by atoms with Gasteiger partial charge in [-0.25, -0.2) is 13.6 Å². The van der Waals surface area contributed by atoms with Gasteiger partial charge < -0.3 is 10.5 Å². The minimum atomic E-state index is -1.14. The number of halogens is 2. The summed E-state index contributed by atoms with van der Waals surface area (Å²) in [7, 11) is 0. The molecule has 2 N–H and O–H groups in total. The standard InChI is InChI=1S/C16H15F2NO2/c1-9-4-3-5-10(2)12(9)8-21-16(20)11-6-13(17)14(18)7-15(11)19/h3-7H,8,19H2,1-2H3. The van der Waals surface area contributed by atoms with Crippen molar-refractivity contribution in [2.24, 2.45) is 0 Å². The summed E-state index contributed by atoms with van der Waals surface area (Å²) in [5, 5.41) is 0. The van der Waals surface area contributed by atoms with Gasteiger partial charge in [0.05, 0.1) is 5.56 Å². The van der Waals surface area contributed by atoms with E-state index in [1.165, 1.54) is 0 Å². The maximum atomic E-state index is 13.2. The molecule has 0 amide bonds. The number of benzene rings is 2. The number of carbonyl (C=O) groups is 1. The Kier molecular flexibility index (Phi) is 4.21. The predicted molar refractivity (Wildman–Crippen MR) is 75.8 cm³/mol. The molecule has 110 valence electrons. The van der Waals surface area contributed by atoms with Crippen molar-refractivity contribution in [3.05, 3.63) is 64.2 Å². The van der Waals surface area contributed by atoms with Crippen LogP contribution in [0.3, 0.4) is 0 Å². The molecule has 0 bridgehead atoms. The van der Waals surface area contributed by atoms with E-state index in [9.17, 15) is 13.6 Å². The van der Waals surface area contributed by atoms with Gasteiger partial charge in [-0.05, 0) is 36.6 Å². The predicted octanol–water partition coefficient (Wildman–Crippen LogP) is 3.52. The number of hydrogen-bond donors (Lipinski definition) is 1. The fourth-order valence-corrected chi connectivity index (χ4v) is 2.03. The second kappa shape index (κ2) is 5.91. The number of hydrogen-bond acceptors (Lipinski definition) is 3. The van der Waals surface area contributed by atoms with Crippen LogP contribution < -0.4 is 5.73 Å². The fraction of sp³-hybridized carbons (Fsp3) is 0.188. The molecule has 2 rings (SSSR count). The molecule has 2 aromatic rings. The normalized spacial score (nSPS) is 10.5. The monoisotopic (exact) mass is 291 g/mol. The number of carbonyl (C=O) groups excluding carboxylic acids is 1. The van der Waals surface area contributed by atoms with Gasteiger partial charge in [0.2, 0.25) is 0 Å². The molecular weight excluding hydrogens is 276 g/mol. The molecule has 0 saturated carbocycles. The second-order valence-electron chi connectivity index (χ2n) is 4.80. The van der Waals surface area contributed by atoms with Gasteiger partial charge in [-0.1, -0.05) is 18.2 Å². The van der Waals surface area contributed by atoms with Gasteiger partial charge in [-0.3, -0.25) is 0 Å². The Morgan fingerprint density at radius 1 is 1.14 bits per heavy atom. The zero-order valence-electron chi connectivity index (χ0n) is 11.7. The Hall–Kier alpha value is -2.43. The third-order valence-electron chi connectivity index (χ3n) is 3.30. The average Bonchev–Trinajstić information content (AvgIpc) is 2.42. The zero-order chi connectivity index (χ0) is 15.6. The van der Waals surface area contributed by atoms with E-state index in [0.717, 1.165) is 28.8 Å². The molecule has 0 radical (unpaired) electrons. The molecule has 0 aliphatic carbocycles. The van der Waals surface area contributed by atoms with Crippen LogP contribution in [0.5, 0.6) is 0 Å². The molecular formula is C16H15F2NO2. The summed E-state index contributed by atoms with van der Waals surface area (Å²) in [5.41, 5.74) is 8.04. The summed E-state index contributed by atoms with van der Waals surface area (Å²) in [6, 6.07) is 7.23. The summed E-state index contributed by atoms with van der Waals surface area (Å²) >= 11 is 0. The van der Waals surface area contributed by atoms with Crippen LogP contribution in [0, 0.1) is 25.5 Å². The Labute approximate surface area is 121 Å². The molecule has 0 atom stereocenters. The van der Waals surface area contributed by atoms with Crippen LogP contribution in [-0.2, 0) is 11.3 Å². The largest absolute Gasteiger partial charge is 0.457 e. The second-order valence-corrected chi connectivity index (χ2v) is 4.80. The number of nitrogen functional groups attached to an aromatic ring is 1. The summed E-state index contributed by atoms with van der Waals surface area (Å²) in [4.78, 5) is 11.9. The van der Waals surface area contributed by atoms with Crippen molar-refractivity contribution >= 4 is 11.7 Å². The first-order chi connectivity index (χ1) is 9.90. The molecule has 5 heteroatoms. The molecule has 0 unspecified atom stereocenters. The molecule has 0 saturated heterocycles. The third-order valence-corrected chi connectivity index (χ3v) is 3.30. The molecule has 0 aromatic heterocycles. The molecule has 3 nitrogen and oxygen atoms in total. The minimum Gasteiger partial charge on any atom is -0.457 e. The first kappa shape index (κ1) is 15.0. The number of ether oxygens (including phenoxy) is 1. The van der Waals surface area contributed by atoms with Crippen LogP contribution >= 0.6 is 0 Å². The highest BCUT2D eigenvalue weighted by molar-refractivity contribution is 5.95. The van der Waals surface area contributed by atoms with Gasteiger partial charge in [0.1, 0.15) is 6.61 Å². The molecule has 0 heterocycles. The zero-order valence-corrected chi connectivity index (χ0v) is 11.7. The first-order valence-corrected chi connectivity index (χ1v) is 6.37. The van der Waals surface area contributed by atoms with Crippen LogP contribution in [0.1, 0.15) is 27.0 Å². The van der Waals surface area contributed by atoms with Crippen molar-refractivity contribution in [1.29, 1.82) is 0 Å². The van der Waals surface area contributed by atoms with Gasteiger partial charge in [0.25, 0.3) is 0 Å². The van der Waals surface area contributed by atoms with Gasteiger partial charge in [0, 0.05) is 11.8 Å². The van der Waals surface area contributed by atoms with Gasteiger partial charge in [0.15, 0.2) is 11.6 Å². The van der Waals surface area contributed by atoms with Crippen molar-refractivity contribution in [3.63, 3.8) is 0 Å². The lowest BCUT2D eigenvalue weighted by Crippen LogP contribution is -2.10. The summed E-state index contributed by atoms with van der Waals surface area (Å²) in [5.74, 6) is -3.02. The molecule has 0 aliphatic heterocycles. The Morgan fingerprint density at radius 2 is 1.71 bits per heavy atom. The van der Waals surface area contributed by atoms with E-state index in [-0.39, 0.29) is 17.9 Å². The van der Waals surface area contributed by atoms with Crippen LogP contribution in [-0.4, -0.2) is 5.97 Å². The Morgan fingerprint density at radius 3 is 2.33 bits per heavy atom. The van der Waals surface area contributed by atoms with Crippen molar-refractivity contribution < 1.29 is 18.3 Å². The highest BCUT2D eigenvalue weighted by Crippen LogP contribution is 2.20. The summed E-state index contributed by atoms with van der Waals surface area (Å²) in [6.07, 6.45) is 0. The Balaban J connectivity index is 2.18. The van der Waals surface area contributed by atoms with Gasteiger partial charge in [-0.2, -0.15) is 0 Å². The fourth-order valence-electron chi connectivity index (χ4n) is 2.03. The number of anilines is 1. The molecule has 2 aromatic carbocycles. The summed E-state index contributed by atoms with van der Waals surface area (Å²) < 4.78 is 31.3. The van der Waals surface area contributed by atoms with Gasteiger partial charge in [-0.15, -0.1) is 0 Å². The van der Waals surface area contributed by atoms with E-state index < -0.39 is 17.6 Å². The minimum absolute atomic E-state index is 0.0514. The maximum absolute atomic E-state index is 13.2. The lowest BCUT2D eigenvalue weighted by Gasteiger charge is -2.11. The van der Waals surface area contributed by atoms with E-state index in [2.05, 4.69) is 0 Å².